The smallest absolute Gasteiger partial charge is 0.392 e. The van der Waals surface area contributed by atoms with Gasteiger partial charge in [-0.2, -0.15) is 18.3 Å². The van der Waals surface area contributed by atoms with Crippen molar-refractivity contribution >= 4 is 17.6 Å². The molecule has 0 fully saturated rings. The van der Waals surface area contributed by atoms with Gasteiger partial charge in [-0.15, -0.1) is 0 Å². The molecule has 1 aliphatic heterocycles. The Balaban J connectivity index is 2.02. The quantitative estimate of drug-likeness (QED) is 0.804. The summed E-state index contributed by atoms with van der Waals surface area (Å²) in [6.45, 7) is -0.467. The van der Waals surface area contributed by atoms with E-state index in [4.69, 9.17) is 11.6 Å². The highest BCUT2D eigenvalue weighted by Gasteiger charge is 2.47. The fourth-order valence-electron chi connectivity index (χ4n) is 2.86. The summed E-state index contributed by atoms with van der Waals surface area (Å²) in [7, 11) is 0. The number of aliphatic carboxylic acids is 1. The Hall–Kier alpha value is -2.43. The first-order chi connectivity index (χ1) is 12.1. The van der Waals surface area contributed by atoms with Crippen LogP contribution in [0.1, 0.15) is 24.0 Å². The zero-order valence-electron chi connectivity index (χ0n) is 12.9. The van der Waals surface area contributed by atoms with Crippen LogP contribution in [0.5, 0.6) is 0 Å². The number of carboxylic acid groups (broad SMARTS) is 1. The summed E-state index contributed by atoms with van der Waals surface area (Å²) in [5, 5.41) is 13.0. The number of halogens is 5. The van der Waals surface area contributed by atoms with Crippen LogP contribution in [0.15, 0.2) is 17.1 Å². The zero-order valence-corrected chi connectivity index (χ0v) is 13.6. The van der Waals surface area contributed by atoms with Gasteiger partial charge in [-0.1, -0.05) is 11.6 Å². The van der Waals surface area contributed by atoms with Crippen LogP contribution in [-0.4, -0.2) is 36.6 Å². The van der Waals surface area contributed by atoms with Crippen LogP contribution >= 0.6 is 11.6 Å². The highest BCUT2D eigenvalue weighted by atomic mass is 35.5. The third kappa shape index (κ3) is 3.30. The Labute approximate surface area is 147 Å². The summed E-state index contributed by atoms with van der Waals surface area (Å²) in [4.78, 5) is 27.5. The maximum absolute atomic E-state index is 13.8. The number of hydrogen-bond donors (Lipinski definition) is 1. The van der Waals surface area contributed by atoms with E-state index in [9.17, 15) is 32.3 Å². The van der Waals surface area contributed by atoms with Gasteiger partial charge >= 0.3 is 17.8 Å². The highest BCUT2D eigenvalue weighted by Crippen LogP contribution is 2.38. The summed E-state index contributed by atoms with van der Waals surface area (Å²) >= 11 is 5.58. The molecule has 0 saturated heterocycles. The lowest BCUT2D eigenvalue weighted by Gasteiger charge is -2.28. The van der Waals surface area contributed by atoms with Crippen LogP contribution in [0.25, 0.3) is 0 Å². The molecule has 1 aliphatic rings. The molecule has 0 saturated carbocycles. The van der Waals surface area contributed by atoms with Crippen LogP contribution in [0.3, 0.4) is 0 Å². The molecule has 1 N–H and O–H groups in total. The van der Waals surface area contributed by atoms with Crippen LogP contribution < -0.4 is 5.69 Å². The summed E-state index contributed by atoms with van der Waals surface area (Å²) in [6.07, 6.45) is -4.89. The average molecular weight is 395 g/mol. The molecule has 3 heterocycles. The van der Waals surface area contributed by atoms with Gasteiger partial charge in [-0.3, -0.25) is 9.55 Å². The Morgan fingerprint density at radius 3 is 2.69 bits per heavy atom. The van der Waals surface area contributed by atoms with Crippen molar-refractivity contribution in [1.82, 2.24) is 19.3 Å². The minimum atomic E-state index is -4.62. The van der Waals surface area contributed by atoms with E-state index in [0.717, 1.165) is 12.3 Å². The third-order valence-electron chi connectivity index (χ3n) is 4.12. The van der Waals surface area contributed by atoms with Gasteiger partial charge in [-0.05, 0) is 12.5 Å². The number of aromatic nitrogens is 4. The Morgan fingerprint density at radius 2 is 2.12 bits per heavy atom. The molecule has 2 atom stereocenters. The summed E-state index contributed by atoms with van der Waals surface area (Å²) < 4.78 is 54.3. The predicted molar refractivity (Wildman–Crippen MR) is 79.3 cm³/mol. The second-order valence-corrected chi connectivity index (χ2v) is 6.28. The summed E-state index contributed by atoms with van der Waals surface area (Å²) in [5.74, 6) is -4.64. The molecule has 0 radical (unpaired) electrons. The average Bonchev–Trinajstić information content (AvgIpc) is 2.84. The van der Waals surface area contributed by atoms with Gasteiger partial charge in [0.05, 0.1) is 23.2 Å². The standard InChI is InChI=1S/C14H11ClF4N4O3/c15-7-3-8(16)9(20-4-7)5-22-13(26)23-10(12(24)25)1-6(14(17,18)19)2-11(23)21-22/h3-4,6,10H,1-2,5H2,(H,24,25). The zero-order chi connectivity index (χ0) is 19.2. The first-order valence-electron chi connectivity index (χ1n) is 7.35. The lowest BCUT2D eigenvalue weighted by Crippen LogP contribution is -2.40. The van der Waals surface area contributed by atoms with Gasteiger partial charge in [0, 0.05) is 12.6 Å². The van der Waals surface area contributed by atoms with Gasteiger partial charge in [0.15, 0.2) is 0 Å². The van der Waals surface area contributed by atoms with E-state index < -0.39 is 55.0 Å². The van der Waals surface area contributed by atoms with Crippen LogP contribution in [-0.2, 0) is 17.8 Å². The van der Waals surface area contributed by atoms with Gasteiger partial charge in [0.1, 0.15) is 17.7 Å². The first kappa shape index (κ1) is 18.4. The predicted octanol–water partition coefficient (Wildman–Crippen LogP) is 2.03. The number of nitrogens with zero attached hydrogens (tertiary/aromatic N) is 4. The van der Waals surface area contributed by atoms with Gasteiger partial charge in [0.25, 0.3) is 0 Å². The molecule has 0 aromatic carbocycles. The van der Waals surface area contributed by atoms with Crippen LogP contribution in [0.2, 0.25) is 5.02 Å². The largest absolute Gasteiger partial charge is 0.480 e. The molecule has 2 unspecified atom stereocenters. The van der Waals surface area contributed by atoms with Crippen molar-refractivity contribution in [3.63, 3.8) is 0 Å². The number of carboxylic acids is 1. The molecule has 26 heavy (non-hydrogen) atoms. The Bertz CT molecular complexity index is 924. The fourth-order valence-corrected chi connectivity index (χ4v) is 3.01. The van der Waals surface area contributed by atoms with E-state index in [-0.39, 0.29) is 16.5 Å². The van der Waals surface area contributed by atoms with Crippen molar-refractivity contribution in [3.05, 3.63) is 45.1 Å². The van der Waals surface area contributed by atoms with Gasteiger partial charge < -0.3 is 5.11 Å². The molecule has 0 bridgehead atoms. The number of fused-ring (bicyclic) bond motifs is 1. The second kappa shape index (κ2) is 6.38. The normalized spacial score (nSPS) is 20.0. The minimum absolute atomic E-state index is 0.0293. The molecule has 0 spiro atoms. The van der Waals surface area contributed by atoms with Gasteiger partial charge in [0.2, 0.25) is 0 Å². The molecule has 7 nitrogen and oxygen atoms in total. The van der Waals surface area contributed by atoms with Crippen LogP contribution in [0, 0.1) is 11.7 Å². The van der Waals surface area contributed by atoms with E-state index in [2.05, 4.69) is 10.1 Å². The molecule has 0 amide bonds. The van der Waals surface area contributed by atoms with E-state index in [0.29, 0.717) is 9.25 Å². The van der Waals surface area contributed by atoms with E-state index in [1.807, 2.05) is 0 Å². The number of carbonyl (C=O) groups is 1. The van der Waals surface area contributed by atoms with Crippen molar-refractivity contribution in [2.75, 3.05) is 0 Å². The van der Waals surface area contributed by atoms with E-state index in [1.165, 1.54) is 0 Å². The van der Waals surface area contributed by atoms with Crippen molar-refractivity contribution in [1.29, 1.82) is 0 Å². The third-order valence-corrected chi connectivity index (χ3v) is 4.33. The first-order valence-corrected chi connectivity index (χ1v) is 7.73. The summed E-state index contributed by atoms with van der Waals surface area (Å²) in [6, 6.07) is -0.736. The maximum atomic E-state index is 13.8. The van der Waals surface area contributed by atoms with Crippen LogP contribution in [0.4, 0.5) is 17.6 Å². The molecule has 3 rings (SSSR count). The maximum Gasteiger partial charge on any atom is 0.392 e. The fraction of sp³-hybridized carbons (Fsp3) is 0.429. The van der Waals surface area contributed by atoms with E-state index in [1.54, 1.807) is 0 Å². The van der Waals surface area contributed by atoms with Crippen molar-refractivity contribution in [3.8, 4) is 0 Å². The monoisotopic (exact) mass is 394 g/mol. The van der Waals surface area contributed by atoms with E-state index >= 15 is 0 Å². The Morgan fingerprint density at radius 1 is 1.42 bits per heavy atom. The SMILES string of the molecule is O=C(O)C1CC(C(F)(F)F)Cc2nn(Cc3ncc(Cl)cc3F)c(=O)n21. The molecular weight excluding hydrogens is 384 g/mol. The number of pyridine rings is 1. The Kier molecular flexibility index (Phi) is 4.51. The molecule has 2 aromatic rings. The second-order valence-electron chi connectivity index (χ2n) is 5.84. The van der Waals surface area contributed by atoms with Gasteiger partial charge in [-0.25, -0.2) is 18.7 Å². The number of rotatable bonds is 3. The molecule has 140 valence electrons. The van der Waals surface area contributed by atoms with Crippen molar-refractivity contribution < 1.29 is 27.5 Å². The summed E-state index contributed by atoms with van der Waals surface area (Å²) in [5.41, 5.74) is -1.14. The van der Waals surface area contributed by atoms with Crippen molar-refractivity contribution in [2.45, 2.75) is 31.6 Å². The lowest BCUT2D eigenvalue weighted by atomic mass is 9.92. The molecule has 0 aliphatic carbocycles. The van der Waals surface area contributed by atoms with Crippen molar-refractivity contribution in [2.24, 2.45) is 5.92 Å². The lowest BCUT2D eigenvalue weighted by molar-refractivity contribution is -0.183. The number of alkyl halides is 3. The highest BCUT2D eigenvalue weighted by molar-refractivity contribution is 6.30. The molecule has 12 heteroatoms. The molecular formula is C14H11ClF4N4O3. The minimum Gasteiger partial charge on any atom is -0.480 e. The molecule has 2 aromatic heterocycles. The number of hydrogen-bond acceptors (Lipinski definition) is 4. The topological polar surface area (TPSA) is 90.0 Å².